The predicted octanol–water partition coefficient (Wildman–Crippen LogP) is 1.61. The van der Waals surface area contributed by atoms with Crippen LogP contribution in [0.5, 0.6) is 0 Å². The van der Waals surface area contributed by atoms with Gasteiger partial charge in [-0.2, -0.15) is 5.10 Å². The Kier molecular flexibility index (Phi) is 7.35. The zero-order chi connectivity index (χ0) is 23.1. The molecule has 0 spiro atoms. The maximum Gasteiger partial charge on any atom is 0.332 e. The molecule has 5 N–H and O–H groups in total. The molecule has 2 atom stereocenters. The summed E-state index contributed by atoms with van der Waals surface area (Å²) in [4.78, 5) is 35.4. The molecule has 0 fully saturated rings. The van der Waals surface area contributed by atoms with Crippen molar-refractivity contribution in [3.8, 4) is 11.1 Å². The minimum atomic E-state index is -1.63. The molecule has 3 aromatic rings. The van der Waals surface area contributed by atoms with Crippen LogP contribution in [0.3, 0.4) is 0 Å². The lowest BCUT2D eigenvalue weighted by Crippen LogP contribution is -2.40. The van der Waals surface area contributed by atoms with Crippen molar-refractivity contribution >= 4 is 17.8 Å². The Morgan fingerprint density at radius 3 is 2.28 bits per heavy atom. The topological polar surface area (TPSA) is 144 Å². The SMILES string of the molecule is CNC(=O)c1cc(C(=O)N[C@H](Cc2ccc(-c3ccccc3)cc2)C[C@@H](O)C(=O)O)[nH]n1. The van der Waals surface area contributed by atoms with Crippen molar-refractivity contribution in [3.63, 3.8) is 0 Å². The molecular weight excluding hydrogens is 412 g/mol. The standard InChI is InChI=1S/C23H24N4O5/c1-24-21(29)18-13-19(27-26-18)22(30)25-17(12-20(28)23(31)32)11-14-7-9-16(10-8-14)15-5-3-2-4-6-15/h2-10,13,17,20,28H,11-12H2,1H3,(H,24,29)(H,25,30)(H,26,27)(H,31,32)/t17-,20-/m1/s1. The van der Waals surface area contributed by atoms with Crippen LogP contribution in [-0.4, -0.2) is 57.4 Å². The van der Waals surface area contributed by atoms with E-state index in [0.29, 0.717) is 6.42 Å². The van der Waals surface area contributed by atoms with Gasteiger partial charge in [-0.1, -0.05) is 54.6 Å². The average Bonchev–Trinajstić information content (AvgIpc) is 3.30. The number of nitrogens with zero attached hydrogens (tertiary/aromatic N) is 1. The molecule has 0 saturated heterocycles. The molecule has 2 amide bonds. The Balaban J connectivity index is 1.73. The van der Waals surface area contributed by atoms with E-state index in [4.69, 9.17) is 5.11 Å². The van der Waals surface area contributed by atoms with Crippen molar-refractivity contribution in [1.29, 1.82) is 0 Å². The van der Waals surface area contributed by atoms with E-state index in [1.165, 1.54) is 13.1 Å². The largest absolute Gasteiger partial charge is 0.479 e. The molecule has 0 aliphatic heterocycles. The summed E-state index contributed by atoms with van der Waals surface area (Å²) in [7, 11) is 1.45. The second kappa shape index (κ2) is 10.4. The molecule has 2 aromatic carbocycles. The van der Waals surface area contributed by atoms with Gasteiger partial charge in [0.2, 0.25) is 0 Å². The van der Waals surface area contributed by atoms with Crippen LogP contribution in [0.25, 0.3) is 11.1 Å². The van der Waals surface area contributed by atoms with Crippen LogP contribution in [0.4, 0.5) is 0 Å². The van der Waals surface area contributed by atoms with Crippen LogP contribution in [0.2, 0.25) is 0 Å². The number of carboxylic acids is 1. The second-order valence-electron chi connectivity index (χ2n) is 7.27. The predicted molar refractivity (Wildman–Crippen MR) is 117 cm³/mol. The summed E-state index contributed by atoms with van der Waals surface area (Å²) < 4.78 is 0. The third-order valence-corrected chi connectivity index (χ3v) is 4.95. The fraction of sp³-hybridized carbons (Fsp3) is 0.217. The van der Waals surface area contributed by atoms with Crippen LogP contribution < -0.4 is 10.6 Å². The molecule has 9 nitrogen and oxygen atoms in total. The molecule has 1 aromatic heterocycles. The Morgan fingerprint density at radius 2 is 1.66 bits per heavy atom. The highest BCUT2D eigenvalue weighted by molar-refractivity contribution is 5.97. The number of aromatic amines is 1. The van der Waals surface area contributed by atoms with Gasteiger partial charge in [-0.3, -0.25) is 14.7 Å². The molecule has 0 radical (unpaired) electrons. The molecule has 1 heterocycles. The quantitative estimate of drug-likeness (QED) is 0.345. The van der Waals surface area contributed by atoms with Crippen molar-refractivity contribution in [3.05, 3.63) is 77.6 Å². The Morgan fingerprint density at radius 1 is 1.00 bits per heavy atom. The van der Waals surface area contributed by atoms with Crippen molar-refractivity contribution < 1.29 is 24.6 Å². The summed E-state index contributed by atoms with van der Waals surface area (Å²) in [6.07, 6.45) is -1.51. The fourth-order valence-electron chi connectivity index (χ4n) is 3.26. The number of hydrogen-bond acceptors (Lipinski definition) is 5. The monoisotopic (exact) mass is 436 g/mol. The highest BCUT2D eigenvalue weighted by atomic mass is 16.4. The average molecular weight is 436 g/mol. The van der Waals surface area contributed by atoms with Gasteiger partial charge in [-0.15, -0.1) is 0 Å². The number of carboxylic acid groups (broad SMARTS) is 1. The number of aliphatic hydroxyl groups is 1. The molecule has 0 bridgehead atoms. The minimum Gasteiger partial charge on any atom is -0.479 e. The van der Waals surface area contributed by atoms with E-state index < -0.39 is 29.9 Å². The third-order valence-electron chi connectivity index (χ3n) is 4.95. The van der Waals surface area contributed by atoms with Crippen molar-refractivity contribution in [2.24, 2.45) is 0 Å². The molecule has 3 rings (SSSR count). The zero-order valence-electron chi connectivity index (χ0n) is 17.4. The van der Waals surface area contributed by atoms with E-state index in [-0.39, 0.29) is 17.8 Å². The first-order valence-corrected chi connectivity index (χ1v) is 10.0. The van der Waals surface area contributed by atoms with Gasteiger partial charge in [0.1, 0.15) is 5.69 Å². The van der Waals surface area contributed by atoms with E-state index in [2.05, 4.69) is 20.8 Å². The lowest BCUT2D eigenvalue weighted by molar-refractivity contribution is -0.147. The van der Waals surface area contributed by atoms with Crippen LogP contribution in [-0.2, 0) is 11.2 Å². The number of aromatic nitrogens is 2. The molecule has 32 heavy (non-hydrogen) atoms. The van der Waals surface area contributed by atoms with Gasteiger partial charge in [0, 0.05) is 25.6 Å². The molecule has 9 heteroatoms. The maximum absolute atomic E-state index is 12.6. The smallest absolute Gasteiger partial charge is 0.332 e. The first kappa shape index (κ1) is 22.7. The highest BCUT2D eigenvalue weighted by Crippen LogP contribution is 2.20. The summed E-state index contributed by atoms with van der Waals surface area (Å²) in [6, 6.07) is 18.2. The Bertz CT molecular complexity index is 1080. The number of aliphatic carboxylic acids is 1. The van der Waals surface area contributed by atoms with Gasteiger partial charge >= 0.3 is 5.97 Å². The van der Waals surface area contributed by atoms with E-state index in [1.807, 2.05) is 54.6 Å². The number of nitrogens with one attached hydrogen (secondary N) is 3. The van der Waals surface area contributed by atoms with Crippen LogP contribution in [0.1, 0.15) is 33.0 Å². The minimum absolute atomic E-state index is 0.0521. The van der Waals surface area contributed by atoms with E-state index in [9.17, 15) is 19.5 Å². The van der Waals surface area contributed by atoms with Crippen molar-refractivity contribution in [2.45, 2.75) is 25.0 Å². The van der Waals surface area contributed by atoms with Crippen LogP contribution >= 0.6 is 0 Å². The number of hydrogen-bond donors (Lipinski definition) is 5. The number of rotatable bonds is 9. The van der Waals surface area contributed by atoms with Gasteiger partial charge in [0.25, 0.3) is 11.8 Å². The molecule has 0 aliphatic carbocycles. The lowest BCUT2D eigenvalue weighted by Gasteiger charge is -2.20. The van der Waals surface area contributed by atoms with Crippen LogP contribution in [0.15, 0.2) is 60.7 Å². The molecule has 166 valence electrons. The first-order chi connectivity index (χ1) is 15.4. The van der Waals surface area contributed by atoms with Crippen molar-refractivity contribution in [1.82, 2.24) is 20.8 Å². The second-order valence-corrected chi connectivity index (χ2v) is 7.27. The first-order valence-electron chi connectivity index (χ1n) is 10.0. The number of carbonyl (C=O) groups excluding carboxylic acids is 2. The zero-order valence-corrected chi connectivity index (χ0v) is 17.4. The summed E-state index contributed by atoms with van der Waals surface area (Å²) >= 11 is 0. The van der Waals surface area contributed by atoms with E-state index in [0.717, 1.165) is 16.7 Å². The highest BCUT2D eigenvalue weighted by Gasteiger charge is 2.23. The van der Waals surface area contributed by atoms with Crippen LogP contribution in [0, 0.1) is 0 Å². The summed E-state index contributed by atoms with van der Waals surface area (Å²) in [5.74, 6) is -2.38. The normalized spacial score (nSPS) is 12.6. The van der Waals surface area contributed by atoms with Crippen molar-refractivity contribution in [2.75, 3.05) is 7.05 Å². The Labute approximate surface area is 184 Å². The number of amides is 2. The lowest BCUT2D eigenvalue weighted by atomic mass is 9.97. The summed E-state index contributed by atoms with van der Waals surface area (Å²) in [5, 5.41) is 30.3. The van der Waals surface area contributed by atoms with Gasteiger partial charge in [0.15, 0.2) is 11.8 Å². The maximum atomic E-state index is 12.6. The summed E-state index contributed by atoms with van der Waals surface area (Å²) in [6.45, 7) is 0. The molecule has 0 aliphatic rings. The Hall–Kier alpha value is -3.98. The van der Waals surface area contributed by atoms with Gasteiger partial charge in [-0.25, -0.2) is 4.79 Å². The number of H-pyrrole nitrogens is 1. The van der Waals surface area contributed by atoms with E-state index in [1.54, 1.807) is 0 Å². The van der Waals surface area contributed by atoms with Gasteiger partial charge < -0.3 is 20.8 Å². The number of benzene rings is 2. The fourth-order valence-corrected chi connectivity index (χ4v) is 3.26. The van der Waals surface area contributed by atoms with E-state index >= 15 is 0 Å². The molecule has 0 unspecified atom stereocenters. The molecule has 0 saturated carbocycles. The number of aliphatic hydroxyl groups excluding tert-OH is 1. The molecular formula is C23H24N4O5. The van der Waals surface area contributed by atoms with Gasteiger partial charge in [-0.05, 0) is 23.1 Å². The third kappa shape index (κ3) is 5.79. The number of carbonyl (C=O) groups is 3. The van der Waals surface area contributed by atoms with Gasteiger partial charge in [0.05, 0.1) is 0 Å². The summed E-state index contributed by atoms with van der Waals surface area (Å²) in [5.41, 5.74) is 3.06.